The highest BCUT2D eigenvalue weighted by atomic mass is 79.9. The summed E-state index contributed by atoms with van der Waals surface area (Å²) >= 11 is 3.77. The number of nitrogens with zero attached hydrogens (tertiary/aromatic N) is 1. The van der Waals surface area contributed by atoms with Crippen LogP contribution in [0.1, 0.15) is 48.7 Å². The average Bonchev–Trinajstić information content (AvgIpc) is 3.22. The second kappa shape index (κ2) is 11.5. The molecule has 1 aliphatic rings. The molecule has 212 valence electrons. The Labute approximate surface area is 247 Å². The van der Waals surface area contributed by atoms with Gasteiger partial charge in [-0.15, -0.1) is 0 Å². The Hall–Kier alpha value is -3.95. The molecule has 1 atom stereocenters. The van der Waals surface area contributed by atoms with Crippen LogP contribution >= 0.6 is 15.9 Å². The van der Waals surface area contributed by atoms with Crippen LogP contribution in [0.4, 0.5) is 5.69 Å². The van der Waals surface area contributed by atoms with Crippen LogP contribution in [0, 0.1) is 0 Å². The maximum atomic E-state index is 13.9. The van der Waals surface area contributed by atoms with E-state index in [9.17, 15) is 14.4 Å². The fourth-order valence-electron chi connectivity index (χ4n) is 5.18. The molecule has 4 aromatic rings. The molecule has 0 aliphatic carbocycles. The Bertz CT molecular complexity index is 1640. The van der Waals surface area contributed by atoms with E-state index in [0.717, 1.165) is 43.4 Å². The molecule has 1 unspecified atom stereocenters. The number of halogens is 1. The lowest BCUT2D eigenvalue weighted by Gasteiger charge is -2.28. The summed E-state index contributed by atoms with van der Waals surface area (Å²) in [6.45, 7) is 6.01. The van der Waals surface area contributed by atoms with Gasteiger partial charge in [0.25, 0.3) is 5.91 Å². The zero-order valence-corrected chi connectivity index (χ0v) is 25.0. The van der Waals surface area contributed by atoms with Gasteiger partial charge in [0.15, 0.2) is 0 Å². The minimum absolute atomic E-state index is 0.132. The maximum absolute atomic E-state index is 13.9. The summed E-state index contributed by atoms with van der Waals surface area (Å²) in [6.07, 6.45) is 1.15. The lowest BCUT2D eigenvalue weighted by molar-refractivity contribution is -0.130. The summed E-state index contributed by atoms with van der Waals surface area (Å²) < 4.78 is 0.837. The molecular formula is C32H34BrN5O3. The number of para-hydroxylation sites is 1. The highest BCUT2D eigenvalue weighted by Crippen LogP contribution is 2.37. The van der Waals surface area contributed by atoms with Crippen molar-refractivity contribution in [3.05, 3.63) is 87.9 Å². The lowest BCUT2D eigenvalue weighted by atomic mass is 10.0. The first-order valence-electron chi connectivity index (χ1n) is 13.7. The van der Waals surface area contributed by atoms with Gasteiger partial charge < -0.3 is 26.3 Å². The van der Waals surface area contributed by atoms with Gasteiger partial charge in [0, 0.05) is 34.3 Å². The Balaban J connectivity index is 1.50. The average molecular weight is 617 g/mol. The molecule has 0 bridgehead atoms. The molecular weight excluding hydrogens is 582 g/mol. The monoisotopic (exact) mass is 615 g/mol. The van der Waals surface area contributed by atoms with Gasteiger partial charge in [-0.05, 0) is 84.9 Å². The van der Waals surface area contributed by atoms with Crippen LogP contribution in [-0.2, 0) is 22.6 Å². The number of aromatic nitrogens is 1. The van der Waals surface area contributed by atoms with Gasteiger partial charge in [-0.25, -0.2) is 0 Å². The number of nitrogens with two attached hydrogens (primary N) is 1. The van der Waals surface area contributed by atoms with Crippen LogP contribution in [0.15, 0.2) is 71.2 Å². The SMILES string of the molecule is CCNC(=O)c1ccccc1-c1[nH]c2ccc(CN3C(=O)C(NC(=O)C(C)(C)N)CCc4ccccc43)cc2c1Br. The number of fused-ring (bicyclic) bond motifs is 2. The summed E-state index contributed by atoms with van der Waals surface area (Å²) in [5.41, 5.74) is 10.8. The van der Waals surface area contributed by atoms with Crippen molar-refractivity contribution in [2.24, 2.45) is 5.73 Å². The third-order valence-corrected chi connectivity index (χ3v) is 8.18. The largest absolute Gasteiger partial charge is 0.354 e. The third kappa shape index (κ3) is 5.78. The zero-order chi connectivity index (χ0) is 29.3. The molecule has 0 spiro atoms. The van der Waals surface area contributed by atoms with Crippen molar-refractivity contribution in [3.63, 3.8) is 0 Å². The Kier molecular flexibility index (Phi) is 8.02. The first-order valence-corrected chi connectivity index (χ1v) is 14.5. The number of aryl methyl sites for hydroxylation is 1. The highest BCUT2D eigenvalue weighted by Gasteiger charge is 2.34. The molecule has 8 nitrogen and oxygen atoms in total. The van der Waals surface area contributed by atoms with Crippen molar-refractivity contribution in [1.82, 2.24) is 15.6 Å². The number of hydrogen-bond acceptors (Lipinski definition) is 4. The molecule has 5 rings (SSSR count). The maximum Gasteiger partial charge on any atom is 0.251 e. The second-order valence-electron chi connectivity index (χ2n) is 10.9. The number of H-pyrrole nitrogens is 1. The van der Waals surface area contributed by atoms with E-state index < -0.39 is 11.6 Å². The van der Waals surface area contributed by atoms with Crippen LogP contribution in [-0.4, -0.2) is 40.8 Å². The minimum atomic E-state index is -1.09. The van der Waals surface area contributed by atoms with Crippen LogP contribution in [0.25, 0.3) is 22.2 Å². The predicted octanol–water partition coefficient (Wildman–Crippen LogP) is 5.05. The second-order valence-corrected chi connectivity index (χ2v) is 11.7. The summed E-state index contributed by atoms with van der Waals surface area (Å²) in [7, 11) is 0. The van der Waals surface area contributed by atoms with E-state index >= 15 is 0 Å². The van der Waals surface area contributed by atoms with Gasteiger partial charge in [-0.1, -0.05) is 42.5 Å². The quantitative estimate of drug-likeness (QED) is 0.232. The fraction of sp³-hybridized carbons (Fsp3) is 0.281. The van der Waals surface area contributed by atoms with Crippen LogP contribution in [0.3, 0.4) is 0 Å². The van der Waals surface area contributed by atoms with Crippen LogP contribution in [0.2, 0.25) is 0 Å². The first kappa shape index (κ1) is 28.6. The number of aromatic amines is 1. The zero-order valence-electron chi connectivity index (χ0n) is 23.4. The van der Waals surface area contributed by atoms with E-state index in [0.29, 0.717) is 31.5 Å². The molecule has 3 aromatic carbocycles. The van der Waals surface area contributed by atoms with Gasteiger partial charge in [-0.2, -0.15) is 0 Å². The van der Waals surface area contributed by atoms with E-state index in [4.69, 9.17) is 5.73 Å². The number of rotatable bonds is 7. The summed E-state index contributed by atoms with van der Waals surface area (Å²) in [4.78, 5) is 44.5. The molecule has 1 aromatic heterocycles. The van der Waals surface area contributed by atoms with Crippen molar-refractivity contribution in [1.29, 1.82) is 0 Å². The van der Waals surface area contributed by atoms with Crippen molar-refractivity contribution in [3.8, 4) is 11.3 Å². The molecule has 1 aliphatic heterocycles. The predicted molar refractivity (Wildman–Crippen MR) is 166 cm³/mol. The van der Waals surface area contributed by atoms with Crippen LogP contribution in [0.5, 0.6) is 0 Å². The topological polar surface area (TPSA) is 120 Å². The summed E-state index contributed by atoms with van der Waals surface area (Å²) in [5, 5.41) is 6.70. The van der Waals surface area contributed by atoms with Gasteiger partial charge in [0.05, 0.1) is 22.3 Å². The third-order valence-electron chi connectivity index (χ3n) is 7.36. The van der Waals surface area contributed by atoms with Gasteiger partial charge in [0.2, 0.25) is 11.8 Å². The van der Waals surface area contributed by atoms with E-state index in [2.05, 4.69) is 31.5 Å². The van der Waals surface area contributed by atoms with Gasteiger partial charge in [-0.3, -0.25) is 14.4 Å². The van der Waals surface area contributed by atoms with E-state index in [1.54, 1.807) is 18.7 Å². The standard InChI is InChI=1S/C32H34BrN5O3/c1-4-35-29(39)22-11-7-6-10-21(22)28-27(33)23-17-19(13-15-24(23)36-28)18-38-26-12-8-5-9-20(26)14-16-25(30(38)40)37-31(41)32(2,3)34/h5-13,15,17,25,36H,4,14,16,18,34H2,1-3H3,(H,35,39)(H,37,41). The lowest BCUT2D eigenvalue weighted by Crippen LogP contribution is -2.56. The van der Waals surface area contributed by atoms with Crippen LogP contribution < -0.4 is 21.3 Å². The molecule has 0 saturated carbocycles. The molecule has 9 heteroatoms. The normalized spacial score (nSPS) is 15.4. The number of benzene rings is 3. The first-order chi connectivity index (χ1) is 19.6. The molecule has 2 heterocycles. The Morgan fingerprint density at radius 3 is 2.59 bits per heavy atom. The van der Waals surface area contributed by atoms with Crippen molar-refractivity contribution < 1.29 is 14.4 Å². The molecule has 41 heavy (non-hydrogen) atoms. The number of hydrogen-bond donors (Lipinski definition) is 4. The molecule has 0 saturated heterocycles. The van der Waals surface area contributed by atoms with E-state index in [1.807, 2.05) is 73.7 Å². The molecule has 0 radical (unpaired) electrons. The van der Waals surface area contributed by atoms with Crippen molar-refractivity contribution in [2.45, 2.75) is 51.7 Å². The summed E-state index contributed by atoms with van der Waals surface area (Å²) in [5.74, 6) is -0.662. The molecule has 3 amide bonds. The number of amides is 3. The van der Waals surface area contributed by atoms with Gasteiger partial charge in [0.1, 0.15) is 6.04 Å². The minimum Gasteiger partial charge on any atom is -0.354 e. The Morgan fingerprint density at radius 1 is 1.10 bits per heavy atom. The molecule has 5 N–H and O–H groups in total. The molecule has 0 fully saturated rings. The number of carbonyl (C=O) groups excluding carboxylic acids is 3. The smallest absolute Gasteiger partial charge is 0.251 e. The number of nitrogens with one attached hydrogen (secondary N) is 3. The number of carbonyl (C=O) groups is 3. The van der Waals surface area contributed by atoms with Crippen molar-refractivity contribution >= 4 is 50.2 Å². The van der Waals surface area contributed by atoms with E-state index in [1.165, 1.54) is 0 Å². The summed E-state index contributed by atoms with van der Waals surface area (Å²) in [6, 6.07) is 20.7. The highest BCUT2D eigenvalue weighted by molar-refractivity contribution is 9.10. The van der Waals surface area contributed by atoms with Crippen molar-refractivity contribution in [2.75, 3.05) is 11.4 Å². The fourth-order valence-corrected chi connectivity index (χ4v) is 5.83. The van der Waals surface area contributed by atoms with Gasteiger partial charge >= 0.3 is 0 Å². The Morgan fingerprint density at radius 2 is 1.83 bits per heavy atom. The number of anilines is 1. The van der Waals surface area contributed by atoms with E-state index in [-0.39, 0.29) is 17.7 Å².